The molecule has 80 valence electrons. The number of aromatic nitrogens is 1. The summed E-state index contributed by atoms with van der Waals surface area (Å²) in [5.74, 6) is 0.0730. The summed E-state index contributed by atoms with van der Waals surface area (Å²) in [5.41, 5.74) is 1.47. The van der Waals surface area contributed by atoms with E-state index in [9.17, 15) is 4.79 Å². The fourth-order valence-corrected chi connectivity index (χ4v) is 1.58. The fourth-order valence-electron chi connectivity index (χ4n) is 1.58. The van der Waals surface area contributed by atoms with Crippen LogP contribution in [0, 0.1) is 0 Å². The van der Waals surface area contributed by atoms with Gasteiger partial charge < -0.3 is 0 Å². The Morgan fingerprint density at radius 1 is 1.00 bits per heavy atom. The molecule has 2 heteroatoms. The average Bonchev–Trinajstić information content (AvgIpc) is 2.39. The molecule has 0 unspecified atom stereocenters. The van der Waals surface area contributed by atoms with Crippen molar-refractivity contribution in [1.29, 1.82) is 0 Å². The predicted molar refractivity (Wildman–Crippen MR) is 62.2 cm³/mol. The van der Waals surface area contributed by atoms with Gasteiger partial charge in [-0.15, -0.1) is 0 Å². The van der Waals surface area contributed by atoms with Gasteiger partial charge in [-0.25, -0.2) is 4.57 Å². The zero-order valence-corrected chi connectivity index (χ0v) is 9.26. The molecule has 0 aliphatic heterocycles. The van der Waals surface area contributed by atoms with Crippen LogP contribution in [0.2, 0.25) is 0 Å². The molecule has 1 aromatic heterocycles. The monoisotopic (exact) mass is 212 g/mol. The number of hydrogen-bond donors (Lipinski definition) is 0. The number of carbonyl (C=O) groups excluding carboxylic acids is 1. The zero-order chi connectivity index (χ0) is 11.4. The number of hydrogen-bond acceptors (Lipinski definition) is 1. The fraction of sp³-hybridized carbons (Fsp3) is 0.143. The molecule has 0 amide bonds. The smallest absolute Gasteiger partial charge is 0.193 e. The van der Waals surface area contributed by atoms with Gasteiger partial charge in [0.15, 0.2) is 18.2 Å². The lowest BCUT2D eigenvalue weighted by atomic mass is 10.0. The SMILES string of the molecule is CC[n+]1ccc(C(=O)c2ccccc2)cc1. The first kappa shape index (κ1) is 10.6. The van der Waals surface area contributed by atoms with Crippen LogP contribution in [0.1, 0.15) is 22.8 Å². The summed E-state index contributed by atoms with van der Waals surface area (Å²) in [7, 11) is 0. The van der Waals surface area contributed by atoms with E-state index >= 15 is 0 Å². The maximum atomic E-state index is 12.0. The molecule has 1 aromatic carbocycles. The molecule has 0 N–H and O–H groups in total. The third-order valence-corrected chi connectivity index (χ3v) is 2.55. The maximum Gasteiger partial charge on any atom is 0.193 e. The van der Waals surface area contributed by atoms with Gasteiger partial charge in [0.2, 0.25) is 0 Å². The lowest BCUT2D eigenvalue weighted by Crippen LogP contribution is -2.31. The molecular weight excluding hydrogens is 198 g/mol. The molecule has 0 fully saturated rings. The maximum absolute atomic E-state index is 12.0. The van der Waals surface area contributed by atoms with Gasteiger partial charge in [-0.3, -0.25) is 4.79 Å². The summed E-state index contributed by atoms with van der Waals surface area (Å²) in [6.45, 7) is 2.98. The Morgan fingerprint density at radius 3 is 2.12 bits per heavy atom. The van der Waals surface area contributed by atoms with Gasteiger partial charge in [-0.1, -0.05) is 30.3 Å². The van der Waals surface area contributed by atoms with E-state index in [-0.39, 0.29) is 5.78 Å². The molecule has 16 heavy (non-hydrogen) atoms. The molecule has 0 spiro atoms. The van der Waals surface area contributed by atoms with Gasteiger partial charge in [0.25, 0.3) is 0 Å². The summed E-state index contributed by atoms with van der Waals surface area (Å²) in [6.07, 6.45) is 3.85. The molecule has 2 aromatic rings. The van der Waals surface area contributed by atoms with E-state index in [4.69, 9.17) is 0 Å². The first-order valence-electron chi connectivity index (χ1n) is 5.40. The summed E-state index contributed by atoms with van der Waals surface area (Å²) < 4.78 is 2.03. The molecule has 0 saturated carbocycles. The second-order valence-electron chi connectivity index (χ2n) is 3.61. The molecule has 2 rings (SSSR count). The van der Waals surface area contributed by atoms with Gasteiger partial charge in [0, 0.05) is 23.3 Å². The molecule has 0 aliphatic carbocycles. The van der Waals surface area contributed by atoms with Crippen LogP contribution in [0.5, 0.6) is 0 Å². The summed E-state index contributed by atoms with van der Waals surface area (Å²) in [4.78, 5) is 12.0. The van der Waals surface area contributed by atoms with Gasteiger partial charge in [-0.05, 0) is 6.92 Å². The van der Waals surface area contributed by atoms with Crippen LogP contribution in [0.25, 0.3) is 0 Å². The third-order valence-electron chi connectivity index (χ3n) is 2.55. The van der Waals surface area contributed by atoms with Crippen molar-refractivity contribution in [3.8, 4) is 0 Å². The minimum Gasteiger partial charge on any atom is -0.289 e. The Kier molecular flexibility index (Phi) is 3.10. The Morgan fingerprint density at radius 2 is 1.56 bits per heavy atom. The van der Waals surface area contributed by atoms with E-state index < -0.39 is 0 Å². The highest BCUT2D eigenvalue weighted by Gasteiger charge is 2.09. The van der Waals surface area contributed by atoms with Crippen LogP contribution in [-0.2, 0) is 6.54 Å². The van der Waals surface area contributed by atoms with Crippen molar-refractivity contribution < 1.29 is 9.36 Å². The number of carbonyl (C=O) groups is 1. The lowest BCUT2D eigenvalue weighted by Gasteiger charge is -1.99. The zero-order valence-electron chi connectivity index (χ0n) is 9.26. The minimum absolute atomic E-state index is 0.0730. The van der Waals surface area contributed by atoms with Crippen LogP contribution in [0.4, 0.5) is 0 Å². The predicted octanol–water partition coefficient (Wildman–Crippen LogP) is 2.23. The molecule has 1 heterocycles. The van der Waals surface area contributed by atoms with Crippen LogP contribution in [0.15, 0.2) is 54.9 Å². The van der Waals surface area contributed by atoms with Crippen molar-refractivity contribution >= 4 is 5.78 Å². The summed E-state index contributed by atoms with van der Waals surface area (Å²) in [6, 6.07) is 13.1. The van der Waals surface area contributed by atoms with Crippen molar-refractivity contribution in [2.45, 2.75) is 13.5 Å². The van der Waals surface area contributed by atoms with E-state index in [1.165, 1.54) is 0 Å². The molecule has 0 radical (unpaired) electrons. The quantitative estimate of drug-likeness (QED) is 0.564. The average molecular weight is 212 g/mol. The second kappa shape index (κ2) is 4.71. The second-order valence-corrected chi connectivity index (χ2v) is 3.61. The third kappa shape index (κ3) is 2.16. The van der Waals surface area contributed by atoms with Gasteiger partial charge in [-0.2, -0.15) is 0 Å². The number of benzene rings is 1. The summed E-state index contributed by atoms with van der Waals surface area (Å²) >= 11 is 0. The topological polar surface area (TPSA) is 20.9 Å². The highest BCUT2D eigenvalue weighted by molar-refractivity contribution is 6.08. The van der Waals surface area contributed by atoms with E-state index in [0.717, 1.165) is 17.7 Å². The number of rotatable bonds is 3. The molecular formula is C14H14NO+. The van der Waals surface area contributed by atoms with Gasteiger partial charge in [0.1, 0.15) is 6.54 Å². The standard InChI is InChI=1S/C14H14NO/c1-2-15-10-8-13(9-11-15)14(16)12-6-4-3-5-7-12/h3-11H,2H2,1H3/q+1. The van der Waals surface area contributed by atoms with Crippen molar-refractivity contribution in [1.82, 2.24) is 0 Å². The Balaban J connectivity index is 2.28. The number of nitrogens with zero attached hydrogens (tertiary/aromatic N) is 1. The lowest BCUT2D eigenvalue weighted by molar-refractivity contribution is -0.693. The van der Waals surface area contributed by atoms with Crippen LogP contribution >= 0.6 is 0 Å². The molecule has 0 aliphatic rings. The van der Waals surface area contributed by atoms with E-state index in [1.807, 2.05) is 59.4 Å². The van der Waals surface area contributed by atoms with Gasteiger partial charge in [0.05, 0.1) is 0 Å². The van der Waals surface area contributed by atoms with Crippen molar-refractivity contribution in [3.63, 3.8) is 0 Å². The molecule has 2 nitrogen and oxygen atoms in total. The van der Waals surface area contributed by atoms with Crippen LogP contribution < -0.4 is 4.57 Å². The molecule has 0 saturated heterocycles. The first-order chi connectivity index (χ1) is 7.81. The van der Waals surface area contributed by atoms with Gasteiger partial charge >= 0.3 is 0 Å². The highest BCUT2D eigenvalue weighted by atomic mass is 16.1. The van der Waals surface area contributed by atoms with E-state index in [0.29, 0.717) is 0 Å². The van der Waals surface area contributed by atoms with E-state index in [1.54, 1.807) is 0 Å². The molecule has 0 atom stereocenters. The van der Waals surface area contributed by atoms with Crippen LogP contribution in [0.3, 0.4) is 0 Å². The Bertz CT molecular complexity index is 474. The Labute approximate surface area is 95.2 Å². The van der Waals surface area contributed by atoms with Crippen molar-refractivity contribution in [2.75, 3.05) is 0 Å². The van der Waals surface area contributed by atoms with Crippen LogP contribution in [-0.4, -0.2) is 5.78 Å². The number of ketones is 1. The number of pyridine rings is 1. The van der Waals surface area contributed by atoms with Crippen molar-refractivity contribution in [3.05, 3.63) is 66.0 Å². The normalized spacial score (nSPS) is 10.1. The Hall–Kier alpha value is -1.96. The molecule has 0 bridgehead atoms. The minimum atomic E-state index is 0.0730. The number of aryl methyl sites for hydroxylation is 1. The first-order valence-corrected chi connectivity index (χ1v) is 5.40. The highest BCUT2D eigenvalue weighted by Crippen LogP contribution is 2.07. The largest absolute Gasteiger partial charge is 0.289 e. The van der Waals surface area contributed by atoms with Crippen molar-refractivity contribution in [2.24, 2.45) is 0 Å². The summed E-state index contributed by atoms with van der Waals surface area (Å²) in [5, 5.41) is 0. The van der Waals surface area contributed by atoms with E-state index in [2.05, 4.69) is 6.92 Å².